The summed E-state index contributed by atoms with van der Waals surface area (Å²) >= 11 is 0. The Bertz CT molecular complexity index is 268. The van der Waals surface area contributed by atoms with Crippen LogP contribution in [0.1, 0.15) is 45.4 Å². The molecular formula is C14H23NO2. The summed E-state index contributed by atoms with van der Waals surface area (Å²) in [6.45, 7) is 3.78. The summed E-state index contributed by atoms with van der Waals surface area (Å²) in [7, 11) is 0. The zero-order valence-electron chi connectivity index (χ0n) is 10.7. The van der Waals surface area contributed by atoms with Gasteiger partial charge in [0.1, 0.15) is 0 Å². The Kier molecular flexibility index (Phi) is 4.82. The van der Waals surface area contributed by atoms with E-state index in [1.165, 1.54) is 12.8 Å². The predicted molar refractivity (Wildman–Crippen MR) is 65.4 cm³/mol. The first kappa shape index (κ1) is 12.9. The molecule has 0 bridgehead atoms. The first-order valence-corrected chi connectivity index (χ1v) is 6.96. The summed E-state index contributed by atoms with van der Waals surface area (Å²) in [4.78, 5) is 0. The van der Waals surface area contributed by atoms with Crippen LogP contribution in [0.25, 0.3) is 0 Å². The fourth-order valence-electron chi connectivity index (χ4n) is 2.92. The van der Waals surface area contributed by atoms with Crippen LogP contribution >= 0.6 is 0 Å². The highest BCUT2D eigenvalue weighted by Crippen LogP contribution is 2.32. The lowest BCUT2D eigenvalue weighted by Gasteiger charge is -2.32. The van der Waals surface area contributed by atoms with Gasteiger partial charge in [0.15, 0.2) is 0 Å². The van der Waals surface area contributed by atoms with Crippen molar-refractivity contribution < 1.29 is 9.47 Å². The molecule has 2 rings (SSSR count). The first-order chi connectivity index (χ1) is 8.33. The molecule has 17 heavy (non-hydrogen) atoms. The molecule has 2 aliphatic rings. The molecule has 0 amide bonds. The van der Waals surface area contributed by atoms with Crippen LogP contribution in [0.5, 0.6) is 0 Å². The van der Waals surface area contributed by atoms with Crippen LogP contribution in [0.15, 0.2) is 0 Å². The Labute approximate surface area is 104 Å². The molecule has 4 unspecified atom stereocenters. The Balaban J connectivity index is 1.80. The second-order valence-electron chi connectivity index (χ2n) is 5.33. The van der Waals surface area contributed by atoms with Gasteiger partial charge in [0, 0.05) is 6.61 Å². The van der Waals surface area contributed by atoms with Crippen molar-refractivity contribution in [1.82, 2.24) is 0 Å². The second-order valence-corrected chi connectivity index (χ2v) is 5.33. The largest absolute Gasteiger partial charge is 0.376 e. The van der Waals surface area contributed by atoms with Gasteiger partial charge in [0.2, 0.25) is 0 Å². The van der Waals surface area contributed by atoms with Gasteiger partial charge in [0.05, 0.1) is 30.8 Å². The van der Waals surface area contributed by atoms with Crippen LogP contribution in [0.2, 0.25) is 0 Å². The van der Waals surface area contributed by atoms with Gasteiger partial charge in [-0.1, -0.05) is 13.3 Å². The third-order valence-electron chi connectivity index (χ3n) is 4.16. The van der Waals surface area contributed by atoms with E-state index in [1.54, 1.807) is 0 Å². The Morgan fingerprint density at radius 1 is 1.35 bits per heavy atom. The zero-order valence-corrected chi connectivity index (χ0v) is 10.7. The number of hydrogen-bond donors (Lipinski definition) is 0. The van der Waals surface area contributed by atoms with E-state index in [1.807, 2.05) is 0 Å². The van der Waals surface area contributed by atoms with E-state index in [-0.39, 0.29) is 18.1 Å². The van der Waals surface area contributed by atoms with Crippen molar-refractivity contribution in [2.24, 2.45) is 11.8 Å². The molecule has 1 saturated heterocycles. The molecule has 1 aliphatic heterocycles. The average molecular weight is 237 g/mol. The highest BCUT2D eigenvalue weighted by molar-refractivity contribution is 4.93. The third kappa shape index (κ3) is 3.43. The van der Waals surface area contributed by atoms with Gasteiger partial charge in [-0.3, -0.25) is 0 Å². The lowest BCUT2D eigenvalue weighted by molar-refractivity contribution is -0.0546. The van der Waals surface area contributed by atoms with Crippen LogP contribution in [0, 0.1) is 23.2 Å². The molecule has 1 saturated carbocycles. The van der Waals surface area contributed by atoms with Crippen LogP contribution in [0.4, 0.5) is 0 Å². The summed E-state index contributed by atoms with van der Waals surface area (Å²) in [5.41, 5.74) is 0. The number of hydrogen-bond acceptors (Lipinski definition) is 3. The fraction of sp³-hybridized carbons (Fsp3) is 0.929. The third-order valence-corrected chi connectivity index (χ3v) is 4.16. The molecule has 0 N–H and O–H groups in total. The molecule has 0 aromatic carbocycles. The summed E-state index contributed by atoms with van der Waals surface area (Å²) in [6, 6.07) is 2.41. The van der Waals surface area contributed by atoms with Crippen molar-refractivity contribution >= 4 is 0 Å². The Hall–Kier alpha value is -0.590. The maximum Gasteiger partial charge on any atom is 0.0809 e. The van der Waals surface area contributed by atoms with E-state index in [9.17, 15) is 0 Å². The van der Waals surface area contributed by atoms with Gasteiger partial charge in [-0.05, 0) is 38.0 Å². The van der Waals surface area contributed by atoms with Gasteiger partial charge in [0.25, 0.3) is 0 Å². The number of rotatable bonds is 4. The molecule has 96 valence electrons. The summed E-state index contributed by atoms with van der Waals surface area (Å²) in [6.07, 6.45) is 7.14. The van der Waals surface area contributed by atoms with Crippen molar-refractivity contribution in [3.8, 4) is 6.07 Å². The van der Waals surface area contributed by atoms with Gasteiger partial charge in [-0.2, -0.15) is 5.26 Å². The lowest BCUT2D eigenvalue weighted by Crippen LogP contribution is -2.33. The minimum absolute atomic E-state index is 0.0965. The van der Waals surface area contributed by atoms with E-state index < -0.39 is 0 Å². The predicted octanol–water partition coefficient (Wildman–Crippen LogP) is 2.90. The molecule has 1 heterocycles. The Morgan fingerprint density at radius 3 is 2.88 bits per heavy atom. The Morgan fingerprint density at radius 2 is 2.24 bits per heavy atom. The molecule has 4 atom stereocenters. The highest BCUT2D eigenvalue weighted by Gasteiger charge is 2.31. The molecule has 3 nitrogen and oxygen atoms in total. The number of nitrogens with zero attached hydrogens (tertiary/aromatic N) is 1. The van der Waals surface area contributed by atoms with E-state index >= 15 is 0 Å². The SMILES string of the molecule is CCC1CCC(C#N)C(OCC2CCCO2)C1. The maximum absolute atomic E-state index is 9.15. The minimum atomic E-state index is 0.0965. The van der Waals surface area contributed by atoms with Crippen molar-refractivity contribution in [1.29, 1.82) is 5.26 Å². The van der Waals surface area contributed by atoms with E-state index in [2.05, 4.69) is 13.0 Å². The van der Waals surface area contributed by atoms with Crippen molar-refractivity contribution in [3.63, 3.8) is 0 Å². The van der Waals surface area contributed by atoms with Gasteiger partial charge in [-0.15, -0.1) is 0 Å². The highest BCUT2D eigenvalue weighted by atomic mass is 16.5. The fourth-order valence-corrected chi connectivity index (χ4v) is 2.92. The number of ether oxygens (including phenoxy) is 2. The smallest absolute Gasteiger partial charge is 0.0809 e. The summed E-state index contributed by atoms with van der Waals surface area (Å²) in [5, 5.41) is 9.15. The minimum Gasteiger partial charge on any atom is -0.376 e. The summed E-state index contributed by atoms with van der Waals surface area (Å²) < 4.78 is 11.5. The van der Waals surface area contributed by atoms with Crippen LogP contribution < -0.4 is 0 Å². The van der Waals surface area contributed by atoms with E-state index in [0.29, 0.717) is 6.61 Å². The molecule has 0 aromatic heterocycles. The van der Waals surface area contributed by atoms with E-state index in [4.69, 9.17) is 14.7 Å². The summed E-state index contributed by atoms with van der Waals surface area (Å²) in [5.74, 6) is 0.841. The van der Waals surface area contributed by atoms with Crippen molar-refractivity contribution in [2.45, 2.75) is 57.7 Å². The quantitative estimate of drug-likeness (QED) is 0.755. The zero-order chi connectivity index (χ0) is 12.1. The molecule has 1 aliphatic carbocycles. The monoisotopic (exact) mass is 237 g/mol. The lowest BCUT2D eigenvalue weighted by atomic mass is 9.79. The standard InChI is InChI=1S/C14H23NO2/c1-2-11-5-6-12(9-15)14(8-11)17-10-13-4-3-7-16-13/h11-14H,2-8,10H2,1H3. The van der Waals surface area contributed by atoms with Gasteiger partial charge < -0.3 is 9.47 Å². The van der Waals surface area contributed by atoms with Gasteiger partial charge in [-0.25, -0.2) is 0 Å². The first-order valence-electron chi connectivity index (χ1n) is 6.96. The molecule has 0 aromatic rings. The van der Waals surface area contributed by atoms with Crippen LogP contribution in [-0.4, -0.2) is 25.4 Å². The van der Waals surface area contributed by atoms with Crippen LogP contribution in [-0.2, 0) is 9.47 Å². The van der Waals surface area contributed by atoms with Gasteiger partial charge >= 0.3 is 0 Å². The second kappa shape index (κ2) is 6.37. The molecule has 0 radical (unpaired) electrons. The van der Waals surface area contributed by atoms with Crippen molar-refractivity contribution in [2.75, 3.05) is 13.2 Å². The normalized spacial score (nSPS) is 37.9. The van der Waals surface area contributed by atoms with Crippen LogP contribution in [0.3, 0.4) is 0 Å². The average Bonchev–Trinajstić information content (AvgIpc) is 2.89. The van der Waals surface area contributed by atoms with E-state index in [0.717, 1.165) is 38.2 Å². The molecule has 2 fully saturated rings. The number of nitriles is 1. The molecular weight excluding hydrogens is 214 g/mol. The molecule has 3 heteroatoms. The van der Waals surface area contributed by atoms with Crippen molar-refractivity contribution in [3.05, 3.63) is 0 Å². The molecule has 0 spiro atoms. The maximum atomic E-state index is 9.15. The topological polar surface area (TPSA) is 42.2 Å².